The van der Waals surface area contributed by atoms with Gasteiger partial charge in [0.1, 0.15) is 5.82 Å². The molecule has 3 nitrogen and oxygen atoms in total. The van der Waals surface area contributed by atoms with E-state index in [0.717, 1.165) is 30.0 Å². The number of benzene rings is 2. The van der Waals surface area contributed by atoms with Gasteiger partial charge in [-0.2, -0.15) is 0 Å². The summed E-state index contributed by atoms with van der Waals surface area (Å²) < 4.78 is 0. The van der Waals surface area contributed by atoms with E-state index < -0.39 is 0 Å². The first-order valence-electron chi connectivity index (χ1n) is 10.5. The van der Waals surface area contributed by atoms with Gasteiger partial charge in [-0.05, 0) is 56.9 Å². The molecule has 0 unspecified atom stereocenters. The summed E-state index contributed by atoms with van der Waals surface area (Å²) in [5.74, 6) is 0.856. The predicted molar refractivity (Wildman–Crippen MR) is 128 cm³/mol. The highest BCUT2D eigenvalue weighted by molar-refractivity contribution is 5.62. The Hall–Kier alpha value is -2.81. The highest BCUT2D eigenvalue weighted by Gasteiger charge is 1.89. The molecule has 3 aromatic rings. The Morgan fingerprint density at radius 2 is 1.45 bits per heavy atom. The fourth-order valence-electron chi connectivity index (χ4n) is 2.26. The highest BCUT2D eigenvalue weighted by atomic mass is 14.9. The Morgan fingerprint density at radius 3 is 1.90 bits per heavy atom. The van der Waals surface area contributed by atoms with Crippen LogP contribution in [0.5, 0.6) is 0 Å². The second-order valence-corrected chi connectivity index (χ2v) is 5.96. The maximum atomic E-state index is 4.18. The van der Waals surface area contributed by atoms with Crippen molar-refractivity contribution < 1.29 is 0 Å². The zero-order valence-electron chi connectivity index (χ0n) is 19.2. The van der Waals surface area contributed by atoms with Gasteiger partial charge >= 0.3 is 0 Å². The Morgan fingerprint density at radius 1 is 0.828 bits per heavy atom. The maximum Gasteiger partial charge on any atom is 0.125 e. The molecule has 0 saturated heterocycles. The largest absolute Gasteiger partial charge is 0.261 e. The molecule has 156 valence electrons. The van der Waals surface area contributed by atoms with E-state index in [4.69, 9.17) is 0 Å². The minimum absolute atomic E-state index is 0.856. The topological polar surface area (TPSA) is 38.1 Å². The number of nitrogens with zero attached hydrogens (tertiary/aromatic N) is 3. The lowest BCUT2D eigenvalue weighted by Gasteiger charge is -1.95. The summed E-state index contributed by atoms with van der Waals surface area (Å²) in [5, 5.41) is 0. The van der Waals surface area contributed by atoms with Gasteiger partial charge in [-0.3, -0.25) is 4.99 Å². The van der Waals surface area contributed by atoms with Crippen LogP contribution < -0.4 is 0 Å². The van der Waals surface area contributed by atoms with Crippen LogP contribution in [0.4, 0.5) is 5.69 Å². The van der Waals surface area contributed by atoms with E-state index in [-0.39, 0.29) is 0 Å². The standard InChI is InChI=1S/C9H11N.C8H10.C7H10N2.C2H6/c1-3-10-9-7-5-4-6-8(9)2;1-2-8-6-4-3-5-7-8;1-3-7-4-5-8-6(2)9-7;1-2/h3-7H,1-2H3;3-7H,2H2,1H3;4-5H,3H2,1-2H3;1-2H3. The van der Waals surface area contributed by atoms with Crippen LogP contribution >= 0.6 is 0 Å². The Kier molecular flexibility index (Phi) is 15.6. The fraction of sp³-hybridized carbons (Fsp3) is 0.346. The van der Waals surface area contributed by atoms with E-state index in [1.165, 1.54) is 11.1 Å². The lowest BCUT2D eigenvalue weighted by Crippen LogP contribution is -1.91. The molecule has 0 radical (unpaired) electrons. The zero-order chi connectivity index (χ0) is 21.9. The lowest BCUT2D eigenvalue weighted by molar-refractivity contribution is 0.949. The van der Waals surface area contributed by atoms with Crippen LogP contribution in [-0.2, 0) is 12.8 Å². The molecule has 3 heteroatoms. The number of hydrogen-bond acceptors (Lipinski definition) is 3. The zero-order valence-corrected chi connectivity index (χ0v) is 19.2. The average Bonchev–Trinajstić information content (AvgIpc) is 2.78. The third kappa shape index (κ3) is 12.3. The lowest BCUT2D eigenvalue weighted by atomic mass is 10.2. The van der Waals surface area contributed by atoms with Crippen LogP contribution in [0.15, 0.2) is 71.9 Å². The van der Waals surface area contributed by atoms with Crippen molar-refractivity contribution in [2.45, 2.75) is 61.3 Å². The van der Waals surface area contributed by atoms with E-state index in [9.17, 15) is 0 Å². The Labute approximate surface area is 178 Å². The van der Waals surface area contributed by atoms with Crippen LogP contribution in [0, 0.1) is 13.8 Å². The summed E-state index contributed by atoms with van der Waals surface area (Å²) in [4.78, 5) is 12.3. The molecule has 0 amide bonds. The number of hydrogen-bond donors (Lipinski definition) is 0. The summed E-state index contributed by atoms with van der Waals surface area (Å²) in [6.07, 6.45) is 5.73. The monoisotopic (exact) mass is 391 g/mol. The average molecular weight is 392 g/mol. The smallest absolute Gasteiger partial charge is 0.125 e. The number of aliphatic imine (C=N–C) groups is 1. The first-order chi connectivity index (χ1) is 14.1. The molecule has 0 spiro atoms. The van der Waals surface area contributed by atoms with E-state index in [1.54, 1.807) is 6.20 Å². The van der Waals surface area contributed by atoms with Gasteiger partial charge in [-0.25, -0.2) is 9.97 Å². The van der Waals surface area contributed by atoms with E-state index >= 15 is 0 Å². The molecule has 0 N–H and O–H groups in total. The third-order valence-corrected chi connectivity index (χ3v) is 3.83. The molecule has 1 aromatic heterocycles. The van der Waals surface area contributed by atoms with Crippen molar-refractivity contribution in [3.8, 4) is 0 Å². The molecule has 0 saturated carbocycles. The minimum Gasteiger partial charge on any atom is -0.261 e. The van der Waals surface area contributed by atoms with E-state index in [1.807, 2.05) is 64.2 Å². The first kappa shape index (κ1) is 26.2. The van der Waals surface area contributed by atoms with Gasteiger partial charge in [0, 0.05) is 18.1 Å². The number of aryl methyl sites for hydroxylation is 4. The summed E-state index contributed by atoms with van der Waals surface area (Å²) in [6.45, 7) is 14.1. The molecule has 2 aromatic carbocycles. The summed E-state index contributed by atoms with van der Waals surface area (Å²) in [6, 6.07) is 20.5. The SMILES string of the molecule is CC.CC=Nc1ccccc1C.CCc1ccccc1.CCc1ccnc(C)n1. The number of rotatable bonds is 3. The van der Waals surface area contributed by atoms with Crippen LogP contribution in [0.1, 0.15) is 57.3 Å². The van der Waals surface area contributed by atoms with Gasteiger partial charge < -0.3 is 0 Å². The summed E-state index contributed by atoms with van der Waals surface area (Å²) in [7, 11) is 0. The molecular weight excluding hydrogens is 354 g/mol. The Bertz CT molecular complexity index is 796. The normalized spacial score (nSPS) is 9.34. The van der Waals surface area contributed by atoms with Gasteiger partial charge in [0.05, 0.1) is 5.69 Å². The second-order valence-electron chi connectivity index (χ2n) is 5.96. The van der Waals surface area contributed by atoms with Crippen molar-refractivity contribution in [1.82, 2.24) is 9.97 Å². The second kappa shape index (κ2) is 17.3. The third-order valence-electron chi connectivity index (χ3n) is 3.83. The van der Waals surface area contributed by atoms with Crippen LogP contribution in [0.25, 0.3) is 0 Å². The molecule has 0 bridgehead atoms. The van der Waals surface area contributed by atoms with Crippen LogP contribution in [0.2, 0.25) is 0 Å². The predicted octanol–water partition coefficient (Wildman–Crippen LogP) is 7.34. The van der Waals surface area contributed by atoms with Crippen molar-refractivity contribution in [3.63, 3.8) is 0 Å². The molecule has 1 heterocycles. The summed E-state index contributed by atoms with van der Waals surface area (Å²) in [5.41, 5.74) is 4.81. The highest BCUT2D eigenvalue weighted by Crippen LogP contribution is 2.15. The molecule has 0 fully saturated rings. The summed E-state index contributed by atoms with van der Waals surface area (Å²) >= 11 is 0. The van der Waals surface area contributed by atoms with Gasteiger partial charge in [0.25, 0.3) is 0 Å². The molecule has 0 aliphatic carbocycles. The number of para-hydroxylation sites is 1. The van der Waals surface area contributed by atoms with Gasteiger partial charge in [0.15, 0.2) is 0 Å². The van der Waals surface area contributed by atoms with Crippen molar-refractivity contribution >= 4 is 11.9 Å². The van der Waals surface area contributed by atoms with Crippen molar-refractivity contribution in [3.05, 3.63) is 89.5 Å². The van der Waals surface area contributed by atoms with E-state index in [2.05, 4.69) is 66.1 Å². The van der Waals surface area contributed by atoms with Gasteiger partial charge in [0.2, 0.25) is 0 Å². The maximum absolute atomic E-state index is 4.18. The van der Waals surface area contributed by atoms with Crippen molar-refractivity contribution in [2.24, 2.45) is 4.99 Å². The molecular formula is C26H37N3. The van der Waals surface area contributed by atoms with Crippen LogP contribution in [0.3, 0.4) is 0 Å². The van der Waals surface area contributed by atoms with Crippen molar-refractivity contribution in [1.29, 1.82) is 0 Å². The molecule has 0 aliphatic rings. The number of aromatic nitrogens is 2. The molecule has 0 aliphatic heterocycles. The molecule has 0 atom stereocenters. The van der Waals surface area contributed by atoms with Crippen LogP contribution in [-0.4, -0.2) is 16.2 Å². The van der Waals surface area contributed by atoms with E-state index in [0.29, 0.717) is 0 Å². The van der Waals surface area contributed by atoms with Crippen molar-refractivity contribution in [2.75, 3.05) is 0 Å². The molecule has 29 heavy (non-hydrogen) atoms. The Balaban J connectivity index is 0.000000390. The quantitative estimate of drug-likeness (QED) is 0.438. The first-order valence-corrected chi connectivity index (χ1v) is 10.5. The van der Waals surface area contributed by atoms with Gasteiger partial charge in [-0.15, -0.1) is 0 Å². The molecule has 3 rings (SSSR count). The minimum atomic E-state index is 0.856. The fourth-order valence-corrected chi connectivity index (χ4v) is 2.26. The van der Waals surface area contributed by atoms with Gasteiger partial charge in [-0.1, -0.05) is 76.2 Å².